The minimum absolute atomic E-state index is 0.0523. The Balaban J connectivity index is 1.59. The Morgan fingerprint density at radius 1 is 1.21 bits per heavy atom. The summed E-state index contributed by atoms with van der Waals surface area (Å²) in [6, 6.07) is 7.59. The lowest BCUT2D eigenvalue weighted by molar-refractivity contribution is -0.122. The SMILES string of the molecule is COc1ccc(C(NC(=O)Cn2cnc3c2c(=O)n(C)c(=O)n3C)C2CC2)cc1. The molecule has 9 heteroatoms. The molecule has 1 aliphatic carbocycles. The van der Waals surface area contributed by atoms with Gasteiger partial charge in [-0.2, -0.15) is 0 Å². The van der Waals surface area contributed by atoms with Gasteiger partial charge in [0.05, 0.1) is 19.5 Å². The number of hydrogen-bond acceptors (Lipinski definition) is 5. The zero-order valence-corrected chi connectivity index (χ0v) is 16.6. The number of rotatable bonds is 6. The van der Waals surface area contributed by atoms with E-state index < -0.39 is 11.2 Å². The fourth-order valence-corrected chi connectivity index (χ4v) is 3.60. The summed E-state index contributed by atoms with van der Waals surface area (Å²) in [7, 11) is 4.58. The lowest BCUT2D eigenvalue weighted by Crippen LogP contribution is -2.38. The molecule has 152 valence electrons. The number of aryl methyl sites for hydroxylation is 1. The van der Waals surface area contributed by atoms with E-state index in [1.165, 1.54) is 22.5 Å². The topological polar surface area (TPSA) is 100 Å². The van der Waals surface area contributed by atoms with Gasteiger partial charge in [0.15, 0.2) is 11.2 Å². The Kier molecular flexibility index (Phi) is 4.73. The third-order valence-electron chi connectivity index (χ3n) is 5.42. The summed E-state index contributed by atoms with van der Waals surface area (Å²) in [5.41, 5.74) is 0.597. The Bertz CT molecular complexity index is 1180. The molecule has 9 nitrogen and oxygen atoms in total. The highest BCUT2D eigenvalue weighted by Gasteiger charge is 2.33. The van der Waals surface area contributed by atoms with E-state index in [0.717, 1.165) is 28.7 Å². The molecule has 1 atom stereocenters. The smallest absolute Gasteiger partial charge is 0.332 e. The van der Waals surface area contributed by atoms with E-state index in [1.54, 1.807) is 14.2 Å². The van der Waals surface area contributed by atoms with Crippen LogP contribution in [0.3, 0.4) is 0 Å². The van der Waals surface area contributed by atoms with E-state index in [2.05, 4.69) is 10.3 Å². The first-order chi connectivity index (χ1) is 13.9. The minimum Gasteiger partial charge on any atom is -0.497 e. The first-order valence-electron chi connectivity index (χ1n) is 9.45. The normalized spacial score (nSPS) is 14.7. The quantitative estimate of drug-likeness (QED) is 0.660. The lowest BCUT2D eigenvalue weighted by Gasteiger charge is -2.19. The van der Waals surface area contributed by atoms with Crippen LogP contribution in [0.4, 0.5) is 0 Å². The van der Waals surface area contributed by atoms with Gasteiger partial charge in [-0.1, -0.05) is 12.1 Å². The highest BCUT2D eigenvalue weighted by molar-refractivity contribution is 5.79. The Labute approximate surface area is 166 Å². The molecule has 1 aromatic carbocycles. The zero-order chi connectivity index (χ0) is 20.7. The number of carbonyl (C=O) groups is 1. The van der Waals surface area contributed by atoms with Crippen LogP contribution in [0.2, 0.25) is 0 Å². The largest absolute Gasteiger partial charge is 0.497 e. The van der Waals surface area contributed by atoms with Crippen LogP contribution in [-0.2, 0) is 25.4 Å². The third-order valence-corrected chi connectivity index (χ3v) is 5.42. The van der Waals surface area contributed by atoms with Gasteiger partial charge in [-0.15, -0.1) is 0 Å². The van der Waals surface area contributed by atoms with Crippen LogP contribution in [0.5, 0.6) is 5.75 Å². The van der Waals surface area contributed by atoms with Crippen molar-refractivity contribution < 1.29 is 9.53 Å². The summed E-state index contributed by atoms with van der Waals surface area (Å²) >= 11 is 0. The molecular formula is C20H23N5O4. The highest BCUT2D eigenvalue weighted by Crippen LogP contribution is 2.41. The molecule has 4 rings (SSSR count). The van der Waals surface area contributed by atoms with Crippen molar-refractivity contribution in [2.24, 2.45) is 20.0 Å². The zero-order valence-electron chi connectivity index (χ0n) is 16.6. The van der Waals surface area contributed by atoms with Gasteiger partial charge in [0.1, 0.15) is 12.3 Å². The number of benzene rings is 1. The number of ether oxygens (including phenoxy) is 1. The second-order valence-electron chi connectivity index (χ2n) is 7.41. The molecule has 0 radical (unpaired) electrons. The van der Waals surface area contributed by atoms with Crippen LogP contribution in [-0.4, -0.2) is 31.7 Å². The van der Waals surface area contributed by atoms with Crippen molar-refractivity contribution in [2.75, 3.05) is 7.11 Å². The van der Waals surface area contributed by atoms with Crippen molar-refractivity contribution in [3.05, 3.63) is 57.0 Å². The number of carbonyl (C=O) groups excluding carboxylic acids is 1. The van der Waals surface area contributed by atoms with Gasteiger partial charge in [0.2, 0.25) is 5.91 Å². The molecule has 0 bridgehead atoms. The van der Waals surface area contributed by atoms with Crippen LogP contribution in [0.25, 0.3) is 11.2 Å². The predicted molar refractivity (Wildman–Crippen MR) is 107 cm³/mol. The van der Waals surface area contributed by atoms with E-state index in [4.69, 9.17) is 4.74 Å². The highest BCUT2D eigenvalue weighted by atomic mass is 16.5. The molecule has 1 aliphatic rings. The van der Waals surface area contributed by atoms with E-state index in [9.17, 15) is 14.4 Å². The molecule has 1 N–H and O–H groups in total. The Morgan fingerprint density at radius 3 is 2.52 bits per heavy atom. The number of amides is 1. The van der Waals surface area contributed by atoms with E-state index in [-0.39, 0.29) is 29.7 Å². The van der Waals surface area contributed by atoms with Crippen molar-refractivity contribution in [2.45, 2.75) is 25.4 Å². The molecule has 29 heavy (non-hydrogen) atoms. The molecule has 0 spiro atoms. The number of hydrogen-bond donors (Lipinski definition) is 1. The molecule has 0 saturated heterocycles. The van der Waals surface area contributed by atoms with E-state index >= 15 is 0 Å². The summed E-state index contributed by atoms with van der Waals surface area (Å²) in [5, 5.41) is 3.09. The first kappa shape index (κ1) is 19.0. The Morgan fingerprint density at radius 2 is 1.90 bits per heavy atom. The molecule has 1 unspecified atom stereocenters. The van der Waals surface area contributed by atoms with Gasteiger partial charge in [-0.05, 0) is 36.5 Å². The minimum atomic E-state index is -0.470. The van der Waals surface area contributed by atoms with Crippen molar-refractivity contribution in [3.63, 3.8) is 0 Å². The number of fused-ring (bicyclic) bond motifs is 1. The van der Waals surface area contributed by atoms with E-state index in [0.29, 0.717) is 5.92 Å². The number of aromatic nitrogens is 4. The maximum atomic E-state index is 12.8. The second-order valence-corrected chi connectivity index (χ2v) is 7.41. The van der Waals surface area contributed by atoms with Gasteiger partial charge < -0.3 is 14.6 Å². The van der Waals surface area contributed by atoms with Crippen LogP contribution >= 0.6 is 0 Å². The molecule has 0 aliphatic heterocycles. The number of nitrogens with one attached hydrogen (secondary N) is 1. The third kappa shape index (κ3) is 3.43. The molecule has 1 saturated carbocycles. The fourth-order valence-electron chi connectivity index (χ4n) is 3.60. The Hall–Kier alpha value is -3.36. The van der Waals surface area contributed by atoms with E-state index in [1.807, 2.05) is 24.3 Å². The summed E-state index contributed by atoms with van der Waals surface area (Å²) in [6.07, 6.45) is 3.55. The number of nitrogens with zero attached hydrogens (tertiary/aromatic N) is 4. The van der Waals surface area contributed by atoms with Gasteiger partial charge in [-0.3, -0.25) is 18.7 Å². The fraction of sp³-hybridized carbons (Fsp3) is 0.400. The van der Waals surface area contributed by atoms with Crippen LogP contribution in [0.1, 0.15) is 24.4 Å². The molecule has 3 aromatic rings. The van der Waals surface area contributed by atoms with Crippen LogP contribution < -0.4 is 21.3 Å². The maximum absolute atomic E-state index is 12.8. The molecule has 2 heterocycles. The van der Waals surface area contributed by atoms with Crippen molar-refractivity contribution >= 4 is 17.1 Å². The second kappa shape index (κ2) is 7.23. The molecule has 1 fully saturated rings. The summed E-state index contributed by atoms with van der Waals surface area (Å²) in [4.78, 5) is 41.5. The molecular weight excluding hydrogens is 374 g/mol. The van der Waals surface area contributed by atoms with Crippen molar-refractivity contribution in [1.82, 2.24) is 24.0 Å². The van der Waals surface area contributed by atoms with Gasteiger partial charge >= 0.3 is 5.69 Å². The summed E-state index contributed by atoms with van der Waals surface area (Å²) in [6.45, 7) is -0.0523. The number of methoxy groups -OCH3 is 1. The molecule has 1 amide bonds. The van der Waals surface area contributed by atoms with Crippen molar-refractivity contribution in [1.29, 1.82) is 0 Å². The van der Waals surface area contributed by atoms with Gasteiger partial charge in [-0.25, -0.2) is 9.78 Å². The lowest BCUT2D eigenvalue weighted by atomic mass is 10.0. The standard InChI is InChI=1S/C20H23N5O4/c1-23-18-17(19(27)24(2)20(23)28)25(11-21-18)10-15(26)22-16(12-4-5-12)13-6-8-14(29-3)9-7-13/h6-9,11-12,16H,4-5,10H2,1-3H3,(H,22,26). The van der Waals surface area contributed by atoms with Gasteiger partial charge in [0.25, 0.3) is 5.56 Å². The monoisotopic (exact) mass is 397 g/mol. The van der Waals surface area contributed by atoms with Crippen molar-refractivity contribution in [3.8, 4) is 5.75 Å². The average molecular weight is 397 g/mol. The van der Waals surface area contributed by atoms with Crippen LogP contribution in [0.15, 0.2) is 40.2 Å². The summed E-state index contributed by atoms with van der Waals surface area (Å²) in [5.74, 6) is 0.953. The maximum Gasteiger partial charge on any atom is 0.332 e. The molecule has 2 aromatic heterocycles. The van der Waals surface area contributed by atoms with Gasteiger partial charge in [0, 0.05) is 14.1 Å². The number of imidazole rings is 1. The van der Waals surface area contributed by atoms with Crippen LogP contribution in [0, 0.1) is 5.92 Å². The first-order valence-corrected chi connectivity index (χ1v) is 9.45. The predicted octanol–water partition coefficient (Wildman–Crippen LogP) is 0.710. The average Bonchev–Trinajstić information content (AvgIpc) is 3.49. The summed E-state index contributed by atoms with van der Waals surface area (Å²) < 4.78 is 9.01.